The predicted octanol–water partition coefficient (Wildman–Crippen LogP) is 7.21. The number of alkyl halides is 3. The minimum Gasteiger partial charge on any atom is -0.497 e. The predicted molar refractivity (Wildman–Crippen MR) is 186 cm³/mol. The molecule has 1 saturated heterocycles. The summed E-state index contributed by atoms with van der Waals surface area (Å²) in [5.41, 5.74) is 0.941. The third kappa shape index (κ3) is 7.25. The van der Waals surface area contributed by atoms with Crippen LogP contribution in [0.5, 0.6) is 11.5 Å². The van der Waals surface area contributed by atoms with E-state index in [-0.39, 0.29) is 24.0 Å². The summed E-state index contributed by atoms with van der Waals surface area (Å²) >= 11 is 0. The third-order valence-corrected chi connectivity index (χ3v) is 12.1. The quantitative estimate of drug-likeness (QED) is 0.149. The Balaban J connectivity index is 1.31. The second-order valence-electron chi connectivity index (χ2n) is 13.5. The van der Waals surface area contributed by atoms with Crippen LogP contribution in [0, 0.1) is 11.6 Å². The van der Waals surface area contributed by atoms with E-state index < -0.39 is 43.8 Å². The minimum absolute atomic E-state index is 0.113. The van der Waals surface area contributed by atoms with Gasteiger partial charge >= 0.3 is 6.18 Å². The molecule has 1 aliphatic carbocycles. The highest BCUT2D eigenvalue weighted by molar-refractivity contribution is 7.92. The molecule has 0 bridgehead atoms. The van der Waals surface area contributed by atoms with E-state index in [0.29, 0.717) is 61.4 Å². The minimum atomic E-state index is -4.90. The van der Waals surface area contributed by atoms with E-state index in [0.717, 1.165) is 40.8 Å². The average molecular weight is 746 g/mol. The molecule has 0 spiro atoms. The van der Waals surface area contributed by atoms with Crippen molar-refractivity contribution in [3.05, 3.63) is 101 Å². The molecular formula is C37H40F5N5O4S. The number of sulfonamides is 1. The Bertz CT molecular complexity index is 2010. The molecule has 0 radical (unpaired) electrons. The van der Waals surface area contributed by atoms with Gasteiger partial charge in [0, 0.05) is 48.2 Å². The summed E-state index contributed by atoms with van der Waals surface area (Å²) in [5.74, 6) is -2.04. The first-order chi connectivity index (χ1) is 24.7. The van der Waals surface area contributed by atoms with Crippen LogP contribution in [-0.2, 0) is 29.2 Å². The fraction of sp³-hybridized carbons (Fsp3) is 0.405. The number of benzene rings is 3. The molecule has 15 heteroatoms. The first kappa shape index (κ1) is 37.3. The van der Waals surface area contributed by atoms with E-state index in [1.807, 2.05) is 23.9 Å². The molecule has 0 N–H and O–H groups in total. The van der Waals surface area contributed by atoms with Gasteiger partial charge < -0.3 is 19.3 Å². The van der Waals surface area contributed by atoms with Gasteiger partial charge in [0.1, 0.15) is 35.3 Å². The van der Waals surface area contributed by atoms with Crippen LogP contribution >= 0.6 is 0 Å². The number of rotatable bonds is 11. The van der Waals surface area contributed by atoms with Crippen LogP contribution in [0.1, 0.15) is 53.9 Å². The van der Waals surface area contributed by atoms with E-state index in [1.165, 1.54) is 32.5 Å². The second-order valence-corrected chi connectivity index (χ2v) is 15.3. The molecule has 1 aliphatic heterocycles. The maximum absolute atomic E-state index is 16.2. The number of anilines is 2. The van der Waals surface area contributed by atoms with E-state index in [4.69, 9.17) is 9.47 Å². The van der Waals surface area contributed by atoms with Gasteiger partial charge in [-0.25, -0.2) is 31.5 Å². The highest BCUT2D eigenvalue weighted by Gasteiger charge is 2.43. The largest absolute Gasteiger partial charge is 0.497 e. The van der Waals surface area contributed by atoms with Gasteiger partial charge in [-0.05, 0) is 99.6 Å². The molecule has 4 aromatic rings. The van der Waals surface area contributed by atoms with E-state index in [2.05, 4.69) is 9.97 Å². The van der Waals surface area contributed by atoms with Crippen LogP contribution in [0.4, 0.5) is 33.5 Å². The zero-order valence-electron chi connectivity index (χ0n) is 29.3. The van der Waals surface area contributed by atoms with Crippen LogP contribution in [0.15, 0.2) is 72.0 Å². The molecule has 52 heavy (non-hydrogen) atoms. The topological polar surface area (TPSA) is 88.1 Å². The lowest BCUT2D eigenvalue weighted by molar-refractivity contribution is -0.137. The Labute approximate surface area is 300 Å². The van der Waals surface area contributed by atoms with Crippen molar-refractivity contribution in [3.8, 4) is 11.5 Å². The van der Waals surface area contributed by atoms with E-state index >= 15 is 8.78 Å². The normalized spacial score (nSPS) is 19.1. The summed E-state index contributed by atoms with van der Waals surface area (Å²) in [6, 6.07) is 12.1. The fourth-order valence-electron chi connectivity index (χ4n) is 7.53. The second kappa shape index (κ2) is 14.5. The Kier molecular flexibility index (Phi) is 10.4. The fourth-order valence-corrected chi connectivity index (χ4v) is 9.02. The van der Waals surface area contributed by atoms with Crippen molar-refractivity contribution in [2.24, 2.45) is 0 Å². The van der Waals surface area contributed by atoms with Crippen molar-refractivity contribution in [3.63, 3.8) is 0 Å². The molecule has 0 saturated carbocycles. The smallest absolute Gasteiger partial charge is 0.416 e. The molecule has 3 aromatic carbocycles. The van der Waals surface area contributed by atoms with Crippen molar-refractivity contribution < 1.29 is 39.8 Å². The number of halogens is 5. The van der Waals surface area contributed by atoms with Gasteiger partial charge in [0.25, 0.3) is 10.0 Å². The van der Waals surface area contributed by atoms with Crippen molar-refractivity contribution in [1.82, 2.24) is 14.9 Å². The molecular weight excluding hydrogens is 705 g/mol. The number of hydrogen-bond acceptors (Lipinski definition) is 8. The van der Waals surface area contributed by atoms with Gasteiger partial charge in [0.05, 0.1) is 26.3 Å². The number of aryl methyl sites for hydroxylation is 1. The first-order valence-corrected chi connectivity index (χ1v) is 18.2. The van der Waals surface area contributed by atoms with Crippen LogP contribution in [-0.4, -0.2) is 70.2 Å². The van der Waals surface area contributed by atoms with Crippen LogP contribution in [0.3, 0.4) is 0 Å². The lowest BCUT2D eigenvalue weighted by Crippen LogP contribution is -2.57. The molecule has 2 heterocycles. The lowest BCUT2D eigenvalue weighted by Gasteiger charge is -2.49. The van der Waals surface area contributed by atoms with Crippen LogP contribution < -0.4 is 18.7 Å². The Morgan fingerprint density at radius 1 is 1.00 bits per heavy atom. The SMILES string of the molecule is COc1ccc(CN(c2ccncn2)S(=O)(=O)c2c(F)cc(N3CCC[C@@](C[C@H]4CCc5ccc(C(F)(F)F)cc54)(N(C)C)C3)cc2F)c(OC)c1. The summed E-state index contributed by atoms with van der Waals surface area (Å²) in [6.07, 6.45) is 1.29. The van der Waals surface area contributed by atoms with Gasteiger partial charge in [0.15, 0.2) is 4.90 Å². The molecule has 1 aromatic heterocycles. The third-order valence-electron chi connectivity index (χ3n) is 10.3. The molecule has 1 fully saturated rings. The van der Waals surface area contributed by atoms with Gasteiger partial charge in [-0.3, -0.25) is 0 Å². The Morgan fingerprint density at radius 3 is 2.38 bits per heavy atom. The van der Waals surface area contributed by atoms with Crippen molar-refractivity contribution in [2.75, 3.05) is 50.6 Å². The van der Waals surface area contributed by atoms with Crippen LogP contribution in [0.25, 0.3) is 0 Å². The lowest BCUT2D eigenvalue weighted by atomic mass is 9.77. The van der Waals surface area contributed by atoms with Crippen molar-refractivity contribution >= 4 is 21.5 Å². The average Bonchev–Trinajstić information content (AvgIpc) is 3.51. The number of ether oxygens (including phenoxy) is 2. The summed E-state index contributed by atoms with van der Waals surface area (Å²) in [6.45, 7) is 0.407. The molecule has 0 unspecified atom stereocenters. The number of piperidine rings is 1. The van der Waals surface area contributed by atoms with Crippen LogP contribution in [0.2, 0.25) is 0 Å². The molecule has 9 nitrogen and oxygen atoms in total. The number of fused-ring (bicyclic) bond motifs is 1. The van der Waals surface area contributed by atoms with Gasteiger partial charge in [-0.1, -0.05) is 6.07 Å². The Hall–Kier alpha value is -4.50. The number of hydrogen-bond donors (Lipinski definition) is 0. The van der Waals surface area contributed by atoms with Gasteiger partial charge in [0.2, 0.25) is 0 Å². The van der Waals surface area contributed by atoms with Crippen molar-refractivity contribution in [2.45, 2.75) is 61.2 Å². The first-order valence-electron chi connectivity index (χ1n) is 16.8. The van der Waals surface area contributed by atoms with E-state index in [9.17, 15) is 21.6 Å². The Morgan fingerprint density at radius 2 is 1.75 bits per heavy atom. The molecule has 278 valence electrons. The number of aromatic nitrogens is 2. The number of likely N-dealkylation sites (N-methyl/N-ethyl adjacent to an activating group) is 1. The zero-order valence-corrected chi connectivity index (χ0v) is 30.1. The van der Waals surface area contributed by atoms with E-state index in [1.54, 1.807) is 24.3 Å². The maximum Gasteiger partial charge on any atom is 0.416 e. The molecule has 2 atom stereocenters. The number of methoxy groups -OCH3 is 2. The highest BCUT2D eigenvalue weighted by atomic mass is 32.2. The zero-order chi connectivity index (χ0) is 37.4. The summed E-state index contributed by atoms with van der Waals surface area (Å²) in [4.78, 5) is 10.6. The standard InChI is InChI=1S/C37H40F5N5O4S/c1-45(2)36(20-25-7-6-24-8-10-27(16-30(24)25)37(40,41)42)13-5-15-46(22-36)28-17-31(38)35(32(39)18-28)52(48,49)47(34-12-14-43-23-44-34)21-26-9-11-29(50-3)19-33(26)51-4/h8-12,14,16-19,23,25H,5-7,13,15,20-22H2,1-4H3/t25-,36+/m1/s1. The number of nitrogens with zero attached hydrogens (tertiary/aromatic N) is 5. The summed E-state index contributed by atoms with van der Waals surface area (Å²) in [7, 11) is 1.79. The molecule has 2 aliphatic rings. The molecule has 0 amide bonds. The highest BCUT2D eigenvalue weighted by Crippen LogP contribution is 2.45. The van der Waals surface area contributed by atoms with Gasteiger partial charge in [-0.15, -0.1) is 0 Å². The summed E-state index contributed by atoms with van der Waals surface area (Å²) < 4.78 is 113. The van der Waals surface area contributed by atoms with Gasteiger partial charge in [-0.2, -0.15) is 13.2 Å². The maximum atomic E-state index is 16.2. The summed E-state index contributed by atoms with van der Waals surface area (Å²) in [5, 5.41) is 0. The van der Waals surface area contributed by atoms with Crippen molar-refractivity contribution in [1.29, 1.82) is 0 Å². The monoisotopic (exact) mass is 745 g/mol. The molecule has 6 rings (SSSR count).